The van der Waals surface area contributed by atoms with E-state index in [9.17, 15) is 13.2 Å². The Kier molecular flexibility index (Phi) is 4.33. The third-order valence-corrected chi connectivity index (χ3v) is 2.69. The summed E-state index contributed by atoms with van der Waals surface area (Å²) in [7, 11) is 0. The zero-order chi connectivity index (χ0) is 12.2. The van der Waals surface area contributed by atoms with Crippen molar-refractivity contribution in [1.29, 1.82) is 0 Å². The maximum atomic E-state index is 12.5. The van der Waals surface area contributed by atoms with Gasteiger partial charge in [-0.1, -0.05) is 20.3 Å². The molecule has 1 atom stereocenters. The molecule has 0 aromatic carbocycles. The summed E-state index contributed by atoms with van der Waals surface area (Å²) in [4.78, 5) is 3.68. The van der Waals surface area contributed by atoms with E-state index < -0.39 is 11.7 Å². The van der Waals surface area contributed by atoms with Crippen LogP contribution >= 0.6 is 0 Å². The van der Waals surface area contributed by atoms with Gasteiger partial charge < -0.3 is 0 Å². The molecule has 0 radical (unpaired) electrons. The number of rotatable bonds is 4. The molecule has 0 spiro atoms. The van der Waals surface area contributed by atoms with E-state index >= 15 is 0 Å². The van der Waals surface area contributed by atoms with Gasteiger partial charge in [-0.3, -0.25) is 4.98 Å². The highest BCUT2D eigenvalue weighted by Crippen LogP contribution is 2.32. The molecule has 0 aliphatic heterocycles. The van der Waals surface area contributed by atoms with E-state index in [0.29, 0.717) is 5.56 Å². The summed E-state index contributed by atoms with van der Waals surface area (Å²) in [6.45, 7) is 4.02. The largest absolute Gasteiger partial charge is 0.417 e. The van der Waals surface area contributed by atoms with E-state index in [1.54, 1.807) is 6.20 Å². The first kappa shape index (κ1) is 13.0. The van der Waals surface area contributed by atoms with Gasteiger partial charge in [-0.15, -0.1) is 0 Å². The monoisotopic (exact) mass is 231 g/mol. The minimum absolute atomic E-state index is 0.180. The predicted molar refractivity (Wildman–Crippen MR) is 57.2 cm³/mol. The Morgan fingerprint density at radius 1 is 1.25 bits per heavy atom. The highest BCUT2D eigenvalue weighted by molar-refractivity contribution is 5.23. The van der Waals surface area contributed by atoms with Gasteiger partial charge in [0.05, 0.1) is 5.56 Å². The van der Waals surface area contributed by atoms with Gasteiger partial charge in [0.1, 0.15) is 0 Å². The lowest BCUT2D eigenvalue weighted by molar-refractivity contribution is -0.137. The standard InChI is InChI=1S/C12H16F3N/c1-3-5-9(4-2)10-6-11(8-16-7-10)12(13,14)15/h6-9H,3-5H2,1-2H3. The molecule has 16 heavy (non-hydrogen) atoms. The number of alkyl halides is 3. The fourth-order valence-corrected chi connectivity index (χ4v) is 1.79. The molecule has 1 heterocycles. The second kappa shape index (κ2) is 5.32. The van der Waals surface area contributed by atoms with E-state index in [0.717, 1.165) is 25.5 Å². The molecule has 90 valence electrons. The van der Waals surface area contributed by atoms with E-state index in [-0.39, 0.29) is 5.92 Å². The Balaban J connectivity index is 2.97. The first-order valence-electron chi connectivity index (χ1n) is 5.51. The van der Waals surface area contributed by atoms with Crippen LogP contribution in [0.15, 0.2) is 18.5 Å². The van der Waals surface area contributed by atoms with Crippen molar-refractivity contribution in [2.45, 2.75) is 45.2 Å². The minimum Gasteiger partial charge on any atom is -0.264 e. The topological polar surface area (TPSA) is 12.9 Å². The molecule has 1 rings (SSSR count). The van der Waals surface area contributed by atoms with Crippen LogP contribution < -0.4 is 0 Å². The maximum Gasteiger partial charge on any atom is 0.417 e. The first-order valence-corrected chi connectivity index (χ1v) is 5.51. The summed E-state index contributed by atoms with van der Waals surface area (Å²) in [5, 5.41) is 0. The van der Waals surface area contributed by atoms with Crippen molar-refractivity contribution in [3.8, 4) is 0 Å². The van der Waals surface area contributed by atoms with Crippen LogP contribution in [-0.4, -0.2) is 4.98 Å². The Bertz CT molecular complexity index is 333. The molecule has 1 nitrogen and oxygen atoms in total. The predicted octanol–water partition coefficient (Wildman–Crippen LogP) is 4.39. The molecule has 0 amide bonds. The van der Waals surface area contributed by atoms with Crippen LogP contribution in [-0.2, 0) is 6.18 Å². The number of halogens is 3. The van der Waals surface area contributed by atoms with Crippen LogP contribution in [0.2, 0.25) is 0 Å². The Hall–Kier alpha value is -1.06. The van der Waals surface area contributed by atoms with Crippen molar-refractivity contribution in [2.75, 3.05) is 0 Å². The lowest BCUT2D eigenvalue weighted by Crippen LogP contribution is -2.07. The smallest absolute Gasteiger partial charge is 0.264 e. The summed E-state index contributed by atoms with van der Waals surface area (Å²) in [6, 6.07) is 1.22. The summed E-state index contributed by atoms with van der Waals surface area (Å²) >= 11 is 0. The number of hydrogen-bond donors (Lipinski definition) is 0. The molecular formula is C12H16F3N. The molecule has 0 saturated heterocycles. The molecule has 1 aromatic rings. The zero-order valence-electron chi connectivity index (χ0n) is 9.51. The third kappa shape index (κ3) is 3.22. The van der Waals surface area contributed by atoms with Gasteiger partial charge in [0, 0.05) is 12.4 Å². The molecule has 0 N–H and O–H groups in total. The van der Waals surface area contributed by atoms with Gasteiger partial charge in [0.25, 0.3) is 0 Å². The van der Waals surface area contributed by atoms with Gasteiger partial charge in [-0.25, -0.2) is 0 Å². The van der Waals surface area contributed by atoms with E-state index in [1.807, 2.05) is 13.8 Å². The van der Waals surface area contributed by atoms with Crippen LogP contribution in [0.5, 0.6) is 0 Å². The van der Waals surface area contributed by atoms with Gasteiger partial charge in [0.15, 0.2) is 0 Å². The Morgan fingerprint density at radius 2 is 1.94 bits per heavy atom. The number of nitrogens with zero attached hydrogens (tertiary/aromatic N) is 1. The van der Waals surface area contributed by atoms with Gasteiger partial charge in [0.2, 0.25) is 0 Å². The average molecular weight is 231 g/mol. The fraction of sp³-hybridized carbons (Fsp3) is 0.583. The number of aromatic nitrogens is 1. The summed E-state index contributed by atoms with van der Waals surface area (Å²) in [5.41, 5.74) is 0.0405. The SMILES string of the molecule is CCCC(CC)c1cncc(C(F)(F)F)c1. The molecule has 1 aromatic heterocycles. The number of pyridine rings is 1. The second-order valence-electron chi connectivity index (χ2n) is 3.90. The maximum absolute atomic E-state index is 12.5. The minimum atomic E-state index is -4.30. The van der Waals surface area contributed by atoms with Gasteiger partial charge >= 0.3 is 6.18 Å². The quantitative estimate of drug-likeness (QED) is 0.748. The molecule has 0 bridgehead atoms. The van der Waals surface area contributed by atoms with Crippen molar-refractivity contribution >= 4 is 0 Å². The van der Waals surface area contributed by atoms with Crippen molar-refractivity contribution in [3.05, 3.63) is 29.6 Å². The van der Waals surface area contributed by atoms with Crippen LogP contribution in [0.4, 0.5) is 13.2 Å². The van der Waals surface area contributed by atoms with Crippen LogP contribution in [0, 0.1) is 0 Å². The normalized spacial score (nSPS) is 13.8. The number of hydrogen-bond acceptors (Lipinski definition) is 1. The van der Waals surface area contributed by atoms with E-state index in [4.69, 9.17) is 0 Å². The zero-order valence-corrected chi connectivity index (χ0v) is 9.51. The van der Waals surface area contributed by atoms with E-state index in [1.165, 1.54) is 6.07 Å². The molecule has 0 fully saturated rings. The highest BCUT2D eigenvalue weighted by Gasteiger charge is 2.31. The molecule has 0 saturated carbocycles. The molecule has 0 aliphatic rings. The van der Waals surface area contributed by atoms with Crippen LogP contribution in [0.1, 0.15) is 50.2 Å². The Morgan fingerprint density at radius 3 is 2.44 bits per heavy atom. The Labute approximate surface area is 93.7 Å². The van der Waals surface area contributed by atoms with Crippen molar-refractivity contribution < 1.29 is 13.2 Å². The highest BCUT2D eigenvalue weighted by atomic mass is 19.4. The van der Waals surface area contributed by atoms with Crippen molar-refractivity contribution in [2.24, 2.45) is 0 Å². The molecular weight excluding hydrogens is 215 g/mol. The lowest BCUT2D eigenvalue weighted by atomic mass is 9.92. The van der Waals surface area contributed by atoms with Gasteiger partial charge in [-0.05, 0) is 30.4 Å². The summed E-state index contributed by atoms with van der Waals surface area (Å²) in [5.74, 6) is 0.180. The van der Waals surface area contributed by atoms with Crippen molar-refractivity contribution in [3.63, 3.8) is 0 Å². The van der Waals surface area contributed by atoms with Gasteiger partial charge in [-0.2, -0.15) is 13.2 Å². The average Bonchev–Trinajstić information content (AvgIpc) is 2.25. The first-order chi connectivity index (χ1) is 7.49. The molecule has 4 heteroatoms. The van der Waals surface area contributed by atoms with Crippen LogP contribution in [0.3, 0.4) is 0 Å². The fourth-order valence-electron chi connectivity index (χ4n) is 1.79. The van der Waals surface area contributed by atoms with Crippen molar-refractivity contribution in [1.82, 2.24) is 4.98 Å². The molecule has 0 aliphatic carbocycles. The lowest BCUT2D eigenvalue weighted by Gasteiger charge is -2.15. The third-order valence-electron chi connectivity index (χ3n) is 2.69. The van der Waals surface area contributed by atoms with Crippen LogP contribution in [0.25, 0.3) is 0 Å². The summed E-state index contributed by atoms with van der Waals surface area (Å²) < 4.78 is 37.4. The molecule has 1 unspecified atom stereocenters. The second-order valence-corrected chi connectivity index (χ2v) is 3.90. The van der Waals surface area contributed by atoms with E-state index in [2.05, 4.69) is 4.98 Å². The summed E-state index contributed by atoms with van der Waals surface area (Å²) in [6.07, 6.45) is 0.833.